The molecular formula is C16H19N3O2. The Morgan fingerprint density at radius 2 is 1.81 bits per heavy atom. The predicted molar refractivity (Wildman–Crippen MR) is 81.3 cm³/mol. The molecular weight excluding hydrogens is 266 g/mol. The van der Waals surface area contributed by atoms with Crippen LogP contribution >= 0.6 is 0 Å². The maximum absolute atomic E-state index is 12.0. The number of anilines is 1. The molecule has 0 aliphatic rings. The molecule has 0 radical (unpaired) electrons. The summed E-state index contributed by atoms with van der Waals surface area (Å²) in [6.07, 6.45) is 0.364. The Balaban J connectivity index is 1.92. The zero-order chi connectivity index (χ0) is 15.4. The molecule has 0 spiro atoms. The predicted octanol–water partition coefficient (Wildman–Crippen LogP) is 2.64. The summed E-state index contributed by atoms with van der Waals surface area (Å²) < 4.78 is 1.64. The van der Waals surface area contributed by atoms with Crippen LogP contribution in [-0.2, 0) is 11.8 Å². The minimum atomic E-state index is -0.176. The number of amides is 1. The summed E-state index contributed by atoms with van der Waals surface area (Å²) >= 11 is 0. The molecule has 0 aliphatic heterocycles. The summed E-state index contributed by atoms with van der Waals surface area (Å²) in [5.41, 5.74) is 2.46. The fraction of sp³-hybridized carbons (Fsp3) is 0.312. The van der Waals surface area contributed by atoms with E-state index in [4.69, 9.17) is 0 Å². The van der Waals surface area contributed by atoms with Crippen LogP contribution < -0.4 is 5.32 Å². The number of hydrogen-bond donors (Lipinski definition) is 1. The number of ketones is 1. The van der Waals surface area contributed by atoms with Crippen molar-refractivity contribution in [3.05, 3.63) is 47.2 Å². The molecule has 5 heteroatoms. The first-order chi connectivity index (χ1) is 9.99. The monoisotopic (exact) mass is 285 g/mol. The highest BCUT2D eigenvalue weighted by atomic mass is 16.2. The largest absolute Gasteiger partial charge is 0.311 e. The van der Waals surface area contributed by atoms with Crippen molar-refractivity contribution in [3.8, 4) is 0 Å². The summed E-state index contributed by atoms with van der Waals surface area (Å²) in [5, 5.41) is 7.06. The van der Waals surface area contributed by atoms with Crippen molar-refractivity contribution in [2.75, 3.05) is 5.32 Å². The Bertz CT molecular complexity index is 660. The number of hydrogen-bond acceptors (Lipinski definition) is 3. The second kappa shape index (κ2) is 6.35. The molecule has 0 saturated carbocycles. The molecule has 0 unspecified atom stereocenters. The molecule has 1 aromatic carbocycles. The van der Waals surface area contributed by atoms with Crippen molar-refractivity contribution in [1.82, 2.24) is 9.78 Å². The Hall–Kier alpha value is -2.43. The summed E-state index contributed by atoms with van der Waals surface area (Å²) in [7, 11) is 1.78. The number of rotatable bonds is 5. The van der Waals surface area contributed by atoms with Crippen LogP contribution in [0.1, 0.15) is 34.5 Å². The summed E-state index contributed by atoms with van der Waals surface area (Å²) in [5.74, 6) is 0.485. The van der Waals surface area contributed by atoms with E-state index >= 15 is 0 Å². The highest BCUT2D eigenvalue weighted by Gasteiger charge is 2.13. The van der Waals surface area contributed by atoms with Crippen LogP contribution in [0.5, 0.6) is 0 Å². The van der Waals surface area contributed by atoms with Gasteiger partial charge in [0, 0.05) is 31.0 Å². The lowest BCUT2D eigenvalue weighted by Crippen LogP contribution is -2.16. The van der Waals surface area contributed by atoms with E-state index in [0.717, 1.165) is 11.3 Å². The molecule has 1 amide bonds. The number of aryl methyl sites for hydroxylation is 2. The van der Waals surface area contributed by atoms with Crippen LogP contribution in [0.3, 0.4) is 0 Å². The topological polar surface area (TPSA) is 64.0 Å². The highest BCUT2D eigenvalue weighted by molar-refractivity contribution is 5.99. The van der Waals surface area contributed by atoms with E-state index in [-0.39, 0.29) is 24.5 Å². The van der Waals surface area contributed by atoms with Gasteiger partial charge in [-0.3, -0.25) is 14.3 Å². The van der Waals surface area contributed by atoms with Gasteiger partial charge in [-0.2, -0.15) is 5.10 Å². The standard InChI is InChI=1S/C16H19N3O2/c1-11-12(2)18-19(3)16(11)17-15(21)10-9-14(20)13-7-5-4-6-8-13/h4-8H,9-10H2,1-3H3,(H,17,21). The Morgan fingerprint density at radius 3 is 2.38 bits per heavy atom. The lowest BCUT2D eigenvalue weighted by atomic mass is 10.1. The van der Waals surface area contributed by atoms with E-state index in [0.29, 0.717) is 11.4 Å². The SMILES string of the molecule is Cc1nn(C)c(NC(=O)CCC(=O)c2ccccc2)c1C. The molecule has 0 aliphatic carbocycles. The van der Waals surface area contributed by atoms with Crippen molar-refractivity contribution in [2.45, 2.75) is 26.7 Å². The average Bonchev–Trinajstić information content (AvgIpc) is 2.72. The van der Waals surface area contributed by atoms with Crippen molar-refractivity contribution in [1.29, 1.82) is 0 Å². The third-order valence-corrected chi connectivity index (χ3v) is 3.45. The number of Topliss-reactive ketones (excluding diaryl/α,β-unsaturated/α-hetero) is 1. The normalized spacial score (nSPS) is 10.4. The quantitative estimate of drug-likeness (QED) is 0.859. The van der Waals surface area contributed by atoms with E-state index < -0.39 is 0 Å². The van der Waals surface area contributed by atoms with E-state index in [1.807, 2.05) is 32.0 Å². The molecule has 2 aromatic rings. The molecule has 110 valence electrons. The fourth-order valence-electron chi connectivity index (χ4n) is 2.13. The lowest BCUT2D eigenvalue weighted by molar-refractivity contribution is -0.116. The third kappa shape index (κ3) is 3.56. The third-order valence-electron chi connectivity index (χ3n) is 3.45. The molecule has 0 fully saturated rings. The smallest absolute Gasteiger partial charge is 0.225 e. The van der Waals surface area contributed by atoms with E-state index in [1.54, 1.807) is 23.9 Å². The molecule has 5 nitrogen and oxygen atoms in total. The summed E-state index contributed by atoms with van der Waals surface area (Å²) in [6.45, 7) is 3.80. The van der Waals surface area contributed by atoms with E-state index in [2.05, 4.69) is 10.4 Å². The minimum Gasteiger partial charge on any atom is -0.311 e. The van der Waals surface area contributed by atoms with Gasteiger partial charge in [-0.25, -0.2) is 0 Å². The Labute approximate surface area is 124 Å². The number of carbonyl (C=O) groups is 2. The average molecular weight is 285 g/mol. The molecule has 1 heterocycles. The van der Waals surface area contributed by atoms with Crippen molar-refractivity contribution in [2.24, 2.45) is 7.05 Å². The van der Waals surface area contributed by atoms with Gasteiger partial charge in [-0.15, -0.1) is 0 Å². The number of benzene rings is 1. The van der Waals surface area contributed by atoms with Gasteiger partial charge in [-0.1, -0.05) is 30.3 Å². The Kier molecular flexibility index (Phi) is 4.52. The van der Waals surface area contributed by atoms with Gasteiger partial charge in [0.05, 0.1) is 5.69 Å². The van der Waals surface area contributed by atoms with Crippen LogP contribution in [0.4, 0.5) is 5.82 Å². The number of aromatic nitrogens is 2. The highest BCUT2D eigenvalue weighted by Crippen LogP contribution is 2.17. The zero-order valence-electron chi connectivity index (χ0n) is 12.5. The first-order valence-corrected chi connectivity index (χ1v) is 6.87. The molecule has 0 bridgehead atoms. The fourth-order valence-corrected chi connectivity index (χ4v) is 2.13. The number of nitrogens with zero attached hydrogens (tertiary/aromatic N) is 2. The number of carbonyl (C=O) groups excluding carboxylic acids is 2. The van der Waals surface area contributed by atoms with Gasteiger partial charge >= 0.3 is 0 Å². The van der Waals surface area contributed by atoms with Gasteiger partial charge in [0.15, 0.2) is 5.78 Å². The van der Waals surface area contributed by atoms with Crippen molar-refractivity contribution in [3.63, 3.8) is 0 Å². The number of nitrogens with one attached hydrogen (secondary N) is 1. The maximum Gasteiger partial charge on any atom is 0.225 e. The van der Waals surface area contributed by atoms with Crippen LogP contribution in [-0.4, -0.2) is 21.5 Å². The van der Waals surface area contributed by atoms with Crippen LogP contribution in [0.25, 0.3) is 0 Å². The first-order valence-electron chi connectivity index (χ1n) is 6.87. The van der Waals surface area contributed by atoms with Crippen LogP contribution in [0, 0.1) is 13.8 Å². The summed E-state index contributed by atoms with van der Waals surface area (Å²) in [6, 6.07) is 9.00. The second-order valence-corrected chi connectivity index (χ2v) is 5.02. The van der Waals surface area contributed by atoms with Crippen LogP contribution in [0.15, 0.2) is 30.3 Å². The minimum absolute atomic E-state index is 0.0244. The lowest BCUT2D eigenvalue weighted by Gasteiger charge is -2.06. The van der Waals surface area contributed by atoms with E-state index in [9.17, 15) is 9.59 Å². The zero-order valence-corrected chi connectivity index (χ0v) is 12.5. The van der Waals surface area contributed by atoms with Gasteiger partial charge in [0.2, 0.25) is 5.91 Å². The molecule has 0 saturated heterocycles. The second-order valence-electron chi connectivity index (χ2n) is 5.02. The van der Waals surface area contributed by atoms with Crippen LogP contribution in [0.2, 0.25) is 0 Å². The Morgan fingerprint density at radius 1 is 1.14 bits per heavy atom. The van der Waals surface area contributed by atoms with E-state index in [1.165, 1.54) is 0 Å². The molecule has 21 heavy (non-hydrogen) atoms. The van der Waals surface area contributed by atoms with Crippen molar-refractivity contribution >= 4 is 17.5 Å². The maximum atomic E-state index is 12.0. The van der Waals surface area contributed by atoms with Gasteiger partial charge in [0.25, 0.3) is 0 Å². The summed E-state index contributed by atoms with van der Waals surface area (Å²) in [4.78, 5) is 23.9. The van der Waals surface area contributed by atoms with Gasteiger partial charge in [-0.05, 0) is 13.8 Å². The molecule has 0 atom stereocenters. The molecule has 1 N–H and O–H groups in total. The molecule has 2 rings (SSSR count). The van der Waals surface area contributed by atoms with Gasteiger partial charge < -0.3 is 5.32 Å². The van der Waals surface area contributed by atoms with Gasteiger partial charge in [0.1, 0.15) is 5.82 Å². The molecule has 1 aromatic heterocycles. The first kappa shape index (κ1) is 15.0. The van der Waals surface area contributed by atoms with Crippen molar-refractivity contribution < 1.29 is 9.59 Å².